The third-order valence-corrected chi connectivity index (χ3v) is 4.41. The highest BCUT2D eigenvalue weighted by Gasteiger charge is 2.26. The first-order valence-corrected chi connectivity index (χ1v) is 7.91. The van der Waals surface area contributed by atoms with Crippen molar-refractivity contribution in [3.05, 3.63) is 22.2 Å². The van der Waals surface area contributed by atoms with E-state index in [1.807, 2.05) is 0 Å². The predicted octanol–water partition coefficient (Wildman–Crippen LogP) is 3.63. The number of hydrogen-bond acceptors (Lipinski definition) is 3. The summed E-state index contributed by atoms with van der Waals surface area (Å²) in [7, 11) is 0. The van der Waals surface area contributed by atoms with E-state index in [-0.39, 0.29) is 5.91 Å². The Hall–Kier alpha value is -0.970. The highest BCUT2D eigenvalue weighted by molar-refractivity contribution is 6.37. The number of carbonyl (C=O) groups is 1. The number of amides is 1. The van der Waals surface area contributed by atoms with Gasteiger partial charge in [0.2, 0.25) is 5.91 Å². The monoisotopic (exact) mass is 329 g/mol. The van der Waals surface area contributed by atoms with Crippen molar-refractivity contribution in [1.29, 1.82) is 0 Å². The number of hydrogen-bond donors (Lipinski definition) is 2. The normalized spacial score (nSPS) is 22.5. The van der Waals surface area contributed by atoms with Gasteiger partial charge in [-0.1, -0.05) is 30.1 Å². The molecule has 2 rings (SSSR count). The van der Waals surface area contributed by atoms with Gasteiger partial charge in [-0.05, 0) is 31.4 Å². The number of nitrogens with zero attached hydrogens (tertiary/aromatic N) is 1. The number of nitrogen functional groups attached to an aromatic ring is 1. The lowest BCUT2D eigenvalue weighted by Gasteiger charge is -2.20. The standard InChI is InChI=1S/C15H21Cl2N3O/c1-9-5-10(2)20(8-9)4-3-14(21)19-15-12(17)6-11(16)7-13(15)18/h6-7,9-10H,3-5,8,18H2,1-2H3,(H,19,21). The number of halogens is 2. The van der Waals surface area contributed by atoms with E-state index in [1.54, 1.807) is 12.1 Å². The van der Waals surface area contributed by atoms with Crippen LogP contribution in [0.3, 0.4) is 0 Å². The number of benzene rings is 1. The summed E-state index contributed by atoms with van der Waals surface area (Å²) in [4.78, 5) is 14.4. The second-order valence-electron chi connectivity index (χ2n) is 5.83. The van der Waals surface area contributed by atoms with Gasteiger partial charge in [0.05, 0.1) is 16.4 Å². The van der Waals surface area contributed by atoms with Gasteiger partial charge in [-0.2, -0.15) is 0 Å². The van der Waals surface area contributed by atoms with E-state index in [9.17, 15) is 4.79 Å². The van der Waals surface area contributed by atoms with E-state index in [0.29, 0.717) is 39.8 Å². The molecule has 21 heavy (non-hydrogen) atoms. The van der Waals surface area contributed by atoms with Crippen molar-refractivity contribution in [2.45, 2.75) is 32.7 Å². The molecule has 1 heterocycles. The van der Waals surface area contributed by atoms with Crippen LogP contribution in [0, 0.1) is 5.92 Å². The Morgan fingerprint density at radius 3 is 2.71 bits per heavy atom. The average Bonchev–Trinajstić information content (AvgIpc) is 2.69. The Balaban J connectivity index is 1.91. The Morgan fingerprint density at radius 1 is 1.43 bits per heavy atom. The van der Waals surface area contributed by atoms with Gasteiger partial charge in [-0.3, -0.25) is 9.69 Å². The van der Waals surface area contributed by atoms with Crippen molar-refractivity contribution >= 4 is 40.5 Å². The largest absolute Gasteiger partial charge is 0.397 e. The fourth-order valence-corrected chi connectivity index (χ4v) is 3.43. The second kappa shape index (κ2) is 6.86. The first-order valence-electron chi connectivity index (χ1n) is 7.15. The van der Waals surface area contributed by atoms with Crippen molar-refractivity contribution in [1.82, 2.24) is 4.90 Å². The molecule has 1 saturated heterocycles. The number of nitrogens with one attached hydrogen (secondary N) is 1. The zero-order valence-corrected chi connectivity index (χ0v) is 13.8. The highest BCUT2D eigenvalue weighted by Crippen LogP contribution is 2.32. The molecular formula is C15H21Cl2N3O. The summed E-state index contributed by atoms with van der Waals surface area (Å²) >= 11 is 11.9. The van der Waals surface area contributed by atoms with Gasteiger partial charge < -0.3 is 11.1 Å². The lowest BCUT2D eigenvalue weighted by atomic mass is 10.1. The van der Waals surface area contributed by atoms with Gasteiger partial charge in [-0.15, -0.1) is 0 Å². The summed E-state index contributed by atoms with van der Waals surface area (Å²) in [6.07, 6.45) is 1.62. The summed E-state index contributed by atoms with van der Waals surface area (Å²) in [5.41, 5.74) is 6.65. The molecule has 1 aliphatic heterocycles. The number of carbonyl (C=O) groups excluding carboxylic acids is 1. The molecule has 1 aromatic carbocycles. The van der Waals surface area contributed by atoms with E-state index in [0.717, 1.165) is 13.1 Å². The van der Waals surface area contributed by atoms with Gasteiger partial charge in [0.15, 0.2) is 0 Å². The summed E-state index contributed by atoms with van der Waals surface area (Å²) in [5, 5.41) is 3.59. The van der Waals surface area contributed by atoms with Crippen LogP contribution in [0.1, 0.15) is 26.7 Å². The fourth-order valence-electron chi connectivity index (χ4n) is 2.87. The SMILES string of the molecule is CC1CC(C)N(CCC(=O)Nc2c(N)cc(Cl)cc2Cl)C1. The van der Waals surface area contributed by atoms with Gasteiger partial charge >= 0.3 is 0 Å². The van der Waals surface area contributed by atoms with Crippen LogP contribution < -0.4 is 11.1 Å². The molecule has 0 saturated carbocycles. The number of rotatable bonds is 4. The molecule has 2 atom stereocenters. The Labute approximate surface area is 135 Å². The first-order chi connectivity index (χ1) is 9.86. The molecule has 0 aromatic heterocycles. The third kappa shape index (κ3) is 4.25. The van der Waals surface area contributed by atoms with E-state index >= 15 is 0 Å². The van der Waals surface area contributed by atoms with Gasteiger partial charge in [0.25, 0.3) is 0 Å². The minimum atomic E-state index is -0.0855. The molecule has 1 aliphatic rings. The quantitative estimate of drug-likeness (QED) is 0.829. The van der Waals surface area contributed by atoms with Crippen molar-refractivity contribution in [3.8, 4) is 0 Å². The summed E-state index contributed by atoms with van der Waals surface area (Å²) < 4.78 is 0. The van der Waals surface area contributed by atoms with E-state index < -0.39 is 0 Å². The zero-order chi connectivity index (χ0) is 15.6. The molecule has 0 aliphatic carbocycles. The maximum Gasteiger partial charge on any atom is 0.225 e. The van der Waals surface area contributed by atoms with Crippen LogP contribution in [0.5, 0.6) is 0 Å². The maximum atomic E-state index is 12.1. The summed E-state index contributed by atoms with van der Waals surface area (Å²) in [6, 6.07) is 3.68. The number of nitrogens with two attached hydrogens (primary N) is 1. The van der Waals surface area contributed by atoms with Crippen LogP contribution in [-0.4, -0.2) is 29.9 Å². The molecule has 1 aromatic rings. The molecule has 1 amide bonds. The van der Waals surface area contributed by atoms with Crippen LogP contribution >= 0.6 is 23.2 Å². The van der Waals surface area contributed by atoms with Crippen molar-refractivity contribution < 1.29 is 4.79 Å². The minimum Gasteiger partial charge on any atom is -0.397 e. The van der Waals surface area contributed by atoms with Gasteiger partial charge in [0, 0.05) is 30.6 Å². The molecule has 1 fully saturated rings. The lowest BCUT2D eigenvalue weighted by molar-refractivity contribution is -0.116. The van der Waals surface area contributed by atoms with Crippen LogP contribution in [-0.2, 0) is 4.79 Å². The van der Waals surface area contributed by atoms with Crippen molar-refractivity contribution in [2.75, 3.05) is 24.1 Å². The van der Waals surface area contributed by atoms with Crippen LogP contribution in [0.25, 0.3) is 0 Å². The summed E-state index contributed by atoms with van der Waals surface area (Å²) in [5.74, 6) is 0.613. The van der Waals surface area contributed by atoms with E-state index in [2.05, 4.69) is 24.1 Å². The van der Waals surface area contributed by atoms with Crippen LogP contribution in [0.2, 0.25) is 10.0 Å². The zero-order valence-electron chi connectivity index (χ0n) is 12.3. The smallest absolute Gasteiger partial charge is 0.225 e. The van der Waals surface area contributed by atoms with Gasteiger partial charge in [-0.25, -0.2) is 0 Å². The molecule has 3 N–H and O–H groups in total. The molecule has 6 heteroatoms. The predicted molar refractivity (Wildman–Crippen MR) is 88.9 cm³/mol. The topological polar surface area (TPSA) is 58.4 Å². The van der Waals surface area contributed by atoms with Crippen molar-refractivity contribution in [3.63, 3.8) is 0 Å². The van der Waals surface area contributed by atoms with Gasteiger partial charge in [0.1, 0.15) is 0 Å². The van der Waals surface area contributed by atoms with E-state index in [4.69, 9.17) is 28.9 Å². The maximum absolute atomic E-state index is 12.1. The molecule has 116 valence electrons. The Morgan fingerprint density at radius 2 is 2.14 bits per heavy atom. The van der Waals surface area contributed by atoms with E-state index in [1.165, 1.54) is 6.42 Å². The summed E-state index contributed by atoms with van der Waals surface area (Å²) in [6.45, 7) is 6.25. The lowest BCUT2D eigenvalue weighted by Crippen LogP contribution is -2.30. The number of likely N-dealkylation sites (tertiary alicyclic amines) is 1. The Bertz CT molecular complexity index is 513. The fraction of sp³-hybridized carbons (Fsp3) is 0.533. The second-order valence-corrected chi connectivity index (χ2v) is 6.68. The molecule has 0 spiro atoms. The Kier molecular flexibility index (Phi) is 5.36. The van der Waals surface area contributed by atoms with Crippen LogP contribution in [0.15, 0.2) is 12.1 Å². The third-order valence-electron chi connectivity index (χ3n) is 3.89. The number of anilines is 2. The molecule has 4 nitrogen and oxygen atoms in total. The average molecular weight is 330 g/mol. The van der Waals surface area contributed by atoms with Crippen LogP contribution in [0.4, 0.5) is 11.4 Å². The molecular weight excluding hydrogens is 309 g/mol. The molecule has 0 bridgehead atoms. The first kappa shape index (κ1) is 16.4. The minimum absolute atomic E-state index is 0.0855. The van der Waals surface area contributed by atoms with Crippen molar-refractivity contribution in [2.24, 2.45) is 5.92 Å². The highest BCUT2D eigenvalue weighted by atomic mass is 35.5. The molecule has 2 unspecified atom stereocenters. The molecule has 0 radical (unpaired) electrons.